The summed E-state index contributed by atoms with van der Waals surface area (Å²) >= 11 is 0. The van der Waals surface area contributed by atoms with E-state index in [2.05, 4.69) is 22.6 Å². The molecule has 0 aromatic heterocycles. The van der Waals surface area contributed by atoms with E-state index in [4.69, 9.17) is 0 Å². The molecule has 1 aliphatic heterocycles. The maximum atomic E-state index is 11.4. The summed E-state index contributed by atoms with van der Waals surface area (Å²) in [6.07, 6.45) is 7.50. The Labute approximate surface area is 104 Å². The zero-order valence-corrected chi connectivity index (χ0v) is 10.9. The van der Waals surface area contributed by atoms with Gasteiger partial charge in [0, 0.05) is 12.1 Å². The maximum absolute atomic E-state index is 11.4. The quantitative estimate of drug-likeness (QED) is 0.672. The van der Waals surface area contributed by atoms with Crippen molar-refractivity contribution in [2.75, 3.05) is 26.7 Å². The lowest BCUT2D eigenvalue weighted by molar-refractivity contribution is -0.120. The topological polar surface area (TPSA) is 44.4 Å². The van der Waals surface area contributed by atoms with Crippen molar-refractivity contribution in [2.45, 2.75) is 50.6 Å². The fraction of sp³-hybridized carbons (Fsp3) is 0.923. The van der Waals surface area contributed by atoms with Gasteiger partial charge in [-0.15, -0.1) is 0 Å². The Hall–Kier alpha value is -0.610. The van der Waals surface area contributed by atoms with E-state index in [1.807, 2.05) is 0 Å². The molecular formula is C13H25N3O. The number of nitrogens with one attached hydrogen (secondary N) is 2. The molecule has 1 saturated carbocycles. The van der Waals surface area contributed by atoms with Gasteiger partial charge in [0.05, 0.1) is 6.54 Å². The summed E-state index contributed by atoms with van der Waals surface area (Å²) in [6.45, 7) is 2.66. The number of hydrogen-bond acceptors (Lipinski definition) is 3. The number of piperidine rings is 1. The van der Waals surface area contributed by atoms with E-state index >= 15 is 0 Å². The van der Waals surface area contributed by atoms with E-state index in [9.17, 15) is 4.79 Å². The van der Waals surface area contributed by atoms with Gasteiger partial charge in [-0.05, 0) is 52.2 Å². The van der Waals surface area contributed by atoms with Crippen molar-refractivity contribution in [3.63, 3.8) is 0 Å². The molecule has 98 valence electrons. The Morgan fingerprint density at radius 1 is 1.29 bits per heavy atom. The first kappa shape index (κ1) is 12.8. The van der Waals surface area contributed by atoms with Gasteiger partial charge in [0.25, 0.3) is 0 Å². The molecular weight excluding hydrogens is 214 g/mol. The highest BCUT2D eigenvalue weighted by molar-refractivity contribution is 5.78. The first-order valence-corrected chi connectivity index (χ1v) is 6.96. The summed E-state index contributed by atoms with van der Waals surface area (Å²) in [5.74, 6) is 0.157. The number of nitrogens with zero attached hydrogens (tertiary/aromatic N) is 1. The number of carbonyl (C=O) groups excluding carboxylic acids is 1. The molecule has 1 heterocycles. The molecule has 4 heteroatoms. The predicted molar refractivity (Wildman–Crippen MR) is 68.9 cm³/mol. The zero-order valence-electron chi connectivity index (χ0n) is 10.9. The van der Waals surface area contributed by atoms with Crippen LogP contribution >= 0.6 is 0 Å². The van der Waals surface area contributed by atoms with Crippen LogP contribution in [0.2, 0.25) is 0 Å². The van der Waals surface area contributed by atoms with Gasteiger partial charge in [-0.1, -0.05) is 6.42 Å². The van der Waals surface area contributed by atoms with Crippen LogP contribution in [0.4, 0.5) is 0 Å². The number of hydrogen-bond donors (Lipinski definition) is 2. The van der Waals surface area contributed by atoms with E-state index in [0.717, 1.165) is 13.0 Å². The third kappa shape index (κ3) is 4.64. The second-order valence-electron chi connectivity index (χ2n) is 5.44. The van der Waals surface area contributed by atoms with Crippen LogP contribution in [0.25, 0.3) is 0 Å². The Morgan fingerprint density at radius 2 is 2.12 bits per heavy atom. The van der Waals surface area contributed by atoms with E-state index in [-0.39, 0.29) is 5.91 Å². The third-order valence-corrected chi connectivity index (χ3v) is 3.80. The van der Waals surface area contributed by atoms with Crippen LogP contribution < -0.4 is 10.6 Å². The van der Waals surface area contributed by atoms with Crippen molar-refractivity contribution in [1.82, 2.24) is 15.5 Å². The van der Waals surface area contributed by atoms with Gasteiger partial charge in [0.2, 0.25) is 5.91 Å². The summed E-state index contributed by atoms with van der Waals surface area (Å²) in [6, 6.07) is 1.19. The Kier molecular flexibility index (Phi) is 4.80. The van der Waals surface area contributed by atoms with Crippen LogP contribution in [0.5, 0.6) is 0 Å². The van der Waals surface area contributed by atoms with Crippen LogP contribution in [0.15, 0.2) is 0 Å². The summed E-state index contributed by atoms with van der Waals surface area (Å²) < 4.78 is 0. The molecule has 17 heavy (non-hydrogen) atoms. The van der Waals surface area contributed by atoms with Gasteiger partial charge in [0.1, 0.15) is 0 Å². The molecule has 1 unspecified atom stereocenters. The molecule has 0 radical (unpaired) electrons. The van der Waals surface area contributed by atoms with Crippen LogP contribution in [0.1, 0.15) is 38.5 Å². The molecule has 2 fully saturated rings. The average molecular weight is 239 g/mol. The Morgan fingerprint density at radius 3 is 2.82 bits per heavy atom. The SMILES string of the molecule is CN1CCCCC1CCNCC(=O)NC1CC1. The van der Waals surface area contributed by atoms with Gasteiger partial charge in [-0.2, -0.15) is 0 Å². The van der Waals surface area contributed by atoms with Gasteiger partial charge >= 0.3 is 0 Å². The van der Waals surface area contributed by atoms with Gasteiger partial charge in [-0.3, -0.25) is 4.79 Å². The smallest absolute Gasteiger partial charge is 0.234 e. The van der Waals surface area contributed by atoms with Crippen molar-refractivity contribution >= 4 is 5.91 Å². The maximum Gasteiger partial charge on any atom is 0.234 e. The van der Waals surface area contributed by atoms with Crippen molar-refractivity contribution in [2.24, 2.45) is 0 Å². The standard InChI is InChI=1S/C13H25N3O/c1-16-9-3-2-4-12(16)7-8-14-10-13(17)15-11-5-6-11/h11-12,14H,2-10H2,1H3,(H,15,17). The second kappa shape index (κ2) is 6.36. The normalized spacial score (nSPS) is 25.8. The minimum Gasteiger partial charge on any atom is -0.352 e. The summed E-state index contributed by atoms with van der Waals surface area (Å²) in [4.78, 5) is 13.9. The van der Waals surface area contributed by atoms with E-state index in [1.165, 1.54) is 38.6 Å². The van der Waals surface area contributed by atoms with Gasteiger partial charge < -0.3 is 15.5 Å². The predicted octanol–water partition coefficient (Wildman–Crippen LogP) is 0.729. The fourth-order valence-electron chi connectivity index (χ4n) is 2.49. The Balaban J connectivity index is 1.51. The largest absolute Gasteiger partial charge is 0.352 e. The molecule has 1 amide bonds. The van der Waals surface area contributed by atoms with Crippen LogP contribution in [-0.4, -0.2) is 49.6 Å². The lowest BCUT2D eigenvalue weighted by atomic mass is 10.0. The number of rotatable bonds is 6. The van der Waals surface area contributed by atoms with Crippen molar-refractivity contribution < 1.29 is 4.79 Å². The summed E-state index contributed by atoms with van der Waals surface area (Å²) in [7, 11) is 2.21. The van der Waals surface area contributed by atoms with Crippen LogP contribution in [0.3, 0.4) is 0 Å². The Bertz CT molecular complexity index is 253. The van der Waals surface area contributed by atoms with E-state index < -0.39 is 0 Å². The lowest BCUT2D eigenvalue weighted by Gasteiger charge is -2.32. The molecule has 2 rings (SSSR count). The van der Waals surface area contributed by atoms with Gasteiger partial charge in [-0.25, -0.2) is 0 Å². The lowest BCUT2D eigenvalue weighted by Crippen LogP contribution is -2.40. The molecule has 2 N–H and O–H groups in total. The third-order valence-electron chi connectivity index (χ3n) is 3.80. The van der Waals surface area contributed by atoms with Crippen molar-refractivity contribution in [3.8, 4) is 0 Å². The molecule has 0 spiro atoms. The highest BCUT2D eigenvalue weighted by Gasteiger charge is 2.23. The number of amides is 1. The van der Waals surface area contributed by atoms with Crippen molar-refractivity contribution in [1.29, 1.82) is 0 Å². The van der Waals surface area contributed by atoms with E-state index in [1.54, 1.807) is 0 Å². The zero-order chi connectivity index (χ0) is 12.1. The fourth-order valence-corrected chi connectivity index (χ4v) is 2.49. The van der Waals surface area contributed by atoms with E-state index in [0.29, 0.717) is 18.6 Å². The molecule has 1 aliphatic carbocycles. The average Bonchev–Trinajstić information content (AvgIpc) is 3.10. The number of likely N-dealkylation sites (tertiary alicyclic amines) is 1. The summed E-state index contributed by atoms with van der Waals surface area (Å²) in [5.41, 5.74) is 0. The molecule has 2 aliphatic rings. The molecule has 0 bridgehead atoms. The van der Waals surface area contributed by atoms with Crippen molar-refractivity contribution in [3.05, 3.63) is 0 Å². The minimum absolute atomic E-state index is 0.157. The molecule has 1 atom stereocenters. The van der Waals surface area contributed by atoms with Crippen LogP contribution in [-0.2, 0) is 4.79 Å². The molecule has 4 nitrogen and oxygen atoms in total. The highest BCUT2D eigenvalue weighted by atomic mass is 16.2. The van der Waals surface area contributed by atoms with Crippen LogP contribution in [0, 0.1) is 0 Å². The molecule has 0 aromatic carbocycles. The molecule has 0 aromatic rings. The molecule has 1 saturated heterocycles. The minimum atomic E-state index is 0.157. The monoisotopic (exact) mass is 239 g/mol. The highest BCUT2D eigenvalue weighted by Crippen LogP contribution is 2.18. The number of carbonyl (C=O) groups is 1. The second-order valence-corrected chi connectivity index (χ2v) is 5.44. The first-order valence-electron chi connectivity index (χ1n) is 6.96. The first-order chi connectivity index (χ1) is 8.25. The van der Waals surface area contributed by atoms with Gasteiger partial charge in [0.15, 0.2) is 0 Å². The summed E-state index contributed by atoms with van der Waals surface area (Å²) in [5, 5.41) is 6.24.